The number of hydrogen-bond acceptors (Lipinski definition) is 3. The monoisotopic (exact) mass is 300 g/mol. The third kappa shape index (κ3) is 3.10. The molecule has 1 aromatic carbocycles. The molecule has 1 aliphatic carbocycles. The molecule has 1 saturated carbocycles. The summed E-state index contributed by atoms with van der Waals surface area (Å²) < 4.78 is 0. The average molecular weight is 300 g/mol. The fourth-order valence-electron chi connectivity index (χ4n) is 3.11. The van der Waals surface area contributed by atoms with Gasteiger partial charge in [0, 0.05) is 6.92 Å². The smallest absolute Gasteiger partial charge is 0.249 e. The van der Waals surface area contributed by atoms with Crippen LogP contribution in [0.3, 0.4) is 0 Å². The van der Waals surface area contributed by atoms with Crippen LogP contribution in [0.2, 0.25) is 0 Å². The molecule has 1 aliphatic rings. The number of aromatic amines is 1. The Morgan fingerprint density at radius 3 is 2.68 bits per heavy atom. The topological polar surface area (TPSA) is 86.9 Å². The number of nitrogens with zero attached hydrogens (tertiary/aromatic N) is 1. The minimum absolute atomic E-state index is 0.184. The first-order valence-electron chi connectivity index (χ1n) is 7.66. The van der Waals surface area contributed by atoms with Crippen molar-refractivity contribution >= 4 is 28.8 Å². The molecule has 0 bridgehead atoms. The van der Waals surface area contributed by atoms with E-state index in [9.17, 15) is 9.59 Å². The summed E-state index contributed by atoms with van der Waals surface area (Å²) in [6, 6.07) is 7.09. The molecule has 1 unspecified atom stereocenters. The van der Waals surface area contributed by atoms with E-state index in [4.69, 9.17) is 0 Å². The Hall–Kier alpha value is -2.37. The normalized spacial score (nSPS) is 16.6. The lowest BCUT2D eigenvalue weighted by molar-refractivity contribution is -0.126. The lowest BCUT2D eigenvalue weighted by Gasteiger charge is -2.22. The Kier molecular flexibility index (Phi) is 4.09. The maximum Gasteiger partial charge on any atom is 0.249 e. The second kappa shape index (κ2) is 6.17. The summed E-state index contributed by atoms with van der Waals surface area (Å²) >= 11 is 0. The molecule has 3 N–H and O–H groups in total. The molecule has 22 heavy (non-hydrogen) atoms. The van der Waals surface area contributed by atoms with Gasteiger partial charge in [0.05, 0.1) is 11.0 Å². The van der Waals surface area contributed by atoms with Crippen molar-refractivity contribution in [3.8, 4) is 0 Å². The molecule has 116 valence electrons. The third-order valence-corrected chi connectivity index (χ3v) is 4.14. The Morgan fingerprint density at radius 2 is 2.00 bits per heavy atom. The maximum atomic E-state index is 12.5. The predicted molar refractivity (Wildman–Crippen MR) is 84.3 cm³/mol. The molecule has 6 nitrogen and oxygen atoms in total. The maximum absolute atomic E-state index is 12.5. The number of anilines is 1. The largest absolute Gasteiger partial charge is 0.344 e. The van der Waals surface area contributed by atoms with Crippen molar-refractivity contribution in [3.05, 3.63) is 24.3 Å². The van der Waals surface area contributed by atoms with E-state index in [0.717, 1.165) is 36.7 Å². The Balaban J connectivity index is 1.75. The van der Waals surface area contributed by atoms with Gasteiger partial charge in [0.1, 0.15) is 6.04 Å². The Labute approximate surface area is 128 Å². The van der Waals surface area contributed by atoms with Crippen LogP contribution in [0, 0.1) is 5.92 Å². The van der Waals surface area contributed by atoms with Gasteiger partial charge in [-0.05, 0) is 30.9 Å². The van der Waals surface area contributed by atoms with Gasteiger partial charge in [0.25, 0.3) is 0 Å². The van der Waals surface area contributed by atoms with Crippen LogP contribution < -0.4 is 10.6 Å². The highest BCUT2D eigenvalue weighted by molar-refractivity contribution is 5.97. The van der Waals surface area contributed by atoms with Gasteiger partial charge in [-0.3, -0.25) is 14.9 Å². The van der Waals surface area contributed by atoms with Gasteiger partial charge in [-0.2, -0.15) is 0 Å². The SMILES string of the molecule is CC(=O)NC(C(=O)Nc1nc2ccccc2[nH]1)C1CCCC1. The number of H-pyrrole nitrogens is 1. The lowest BCUT2D eigenvalue weighted by Crippen LogP contribution is -2.47. The van der Waals surface area contributed by atoms with E-state index >= 15 is 0 Å². The standard InChI is InChI=1S/C16H20N4O2/c1-10(21)17-14(11-6-2-3-7-11)15(22)20-16-18-12-8-4-5-9-13(12)19-16/h4-5,8-9,11,14H,2-3,6-7H2,1H3,(H,17,21)(H2,18,19,20,22). The number of rotatable bonds is 4. The fourth-order valence-corrected chi connectivity index (χ4v) is 3.11. The van der Waals surface area contributed by atoms with Crippen molar-refractivity contribution in [1.29, 1.82) is 0 Å². The average Bonchev–Trinajstić information content (AvgIpc) is 3.13. The molecular weight excluding hydrogens is 280 g/mol. The summed E-state index contributed by atoms with van der Waals surface area (Å²) in [5.74, 6) is 0.227. The third-order valence-electron chi connectivity index (χ3n) is 4.14. The molecule has 0 spiro atoms. The van der Waals surface area contributed by atoms with Crippen molar-refractivity contribution < 1.29 is 9.59 Å². The summed E-state index contributed by atoms with van der Waals surface area (Å²) in [7, 11) is 0. The van der Waals surface area contributed by atoms with Gasteiger partial charge in [-0.1, -0.05) is 25.0 Å². The molecule has 2 amide bonds. The highest BCUT2D eigenvalue weighted by Crippen LogP contribution is 2.28. The van der Waals surface area contributed by atoms with Crippen LogP contribution in [-0.4, -0.2) is 27.8 Å². The quantitative estimate of drug-likeness (QED) is 0.809. The van der Waals surface area contributed by atoms with Crippen LogP contribution in [0.15, 0.2) is 24.3 Å². The number of aromatic nitrogens is 2. The lowest BCUT2D eigenvalue weighted by atomic mass is 9.97. The number of carbonyl (C=O) groups is 2. The molecule has 1 atom stereocenters. The van der Waals surface area contributed by atoms with E-state index < -0.39 is 6.04 Å². The van der Waals surface area contributed by atoms with Crippen molar-refractivity contribution in [1.82, 2.24) is 15.3 Å². The van der Waals surface area contributed by atoms with E-state index in [2.05, 4.69) is 20.6 Å². The number of imidazole rings is 1. The summed E-state index contributed by atoms with van der Waals surface area (Å²) in [5, 5.41) is 5.58. The molecule has 3 rings (SSSR count). The van der Waals surface area contributed by atoms with Crippen LogP contribution >= 0.6 is 0 Å². The van der Waals surface area contributed by atoms with E-state index in [1.165, 1.54) is 6.92 Å². The minimum Gasteiger partial charge on any atom is -0.344 e. The highest BCUT2D eigenvalue weighted by Gasteiger charge is 2.31. The van der Waals surface area contributed by atoms with Crippen molar-refractivity contribution in [2.24, 2.45) is 5.92 Å². The van der Waals surface area contributed by atoms with E-state index in [-0.39, 0.29) is 17.7 Å². The highest BCUT2D eigenvalue weighted by atomic mass is 16.2. The zero-order valence-corrected chi connectivity index (χ0v) is 12.6. The van der Waals surface area contributed by atoms with Gasteiger partial charge in [0.2, 0.25) is 17.8 Å². The number of fused-ring (bicyclic) bond motifs is 1. The Morgan fingerprint density at radius 1 is 1.27 bits per heavy atom. The van der Waals surface area contributed by atoms with E-state index in [1.807, 2.05) is 24.3 Å². The van der Waals surface area contributed by atoms with E-state index in [0.29, 0.717) is 5.95 Å². The van der Waals surface area contributed by atoms with Gasteiger partial charge in [0.15, 0.2) is 0 Å². The molecule has 0 saturated heterocycles. The van der Waals surface area contributed by atoms with Crippen molar-refractivity contribution in [2.75, 3.05) is 5.32 Å². The molecule has 1 fully saturated rings. The molecule has 6 heteroatoms. The van der Waals surface area contributed by atoms with Gasteiger partial charge in [-0.25, -0.2) is 4.98 Å². The Bertz CT molecular complexity index is 655. The van der Waals surface area contributed by atoms with E-state index in [1.54, 1.807) is 0 Å². The first-order chi connectivity index (χ1) is 10.6. The first-order valence-corrected chi connectivity index (χ1v) is 7.66. The van der Waals surface area contributed by atoms with Gasteiger partial charge in [-0.15, -0.1) is 0 Å². The molecule has 1 aromatic heterocycles. The molecule has 1 heterocycles. The van der Waals surface area contributed by atoms with Gasteiger partial charge < -0.3 is 10.3 Å². The summed E-state index contributed by atoms with van der Waals surface area (Å²) in [4.78, 5) is 31.3. The number of carbonyl (C=O) groups excluding carboxylic acids is 2. The summed E-state index contributed by atoms with van der Waals surface area (Å²) in [6.45, 7) is 1.44. The number of benzene rings is 1. The van der Waals surface area contributed by atoms with Gasteiger partial charge >= 0.3 is 0 Å². The van der Waals surface area contributed by atoms with Crippen LogP contribution in [0.4, 0.5) is 5.95 Å². The van der Waals surface area contributed by atoms with Crippen LogP contribution in [-0.2, 0) is 9.59 Å². The van der Waals surface area contributed by atoms with Crippen molar-refractivity contribution in [2.45, 2.75) is 38.6 Å². The molecular formula is C16H20N4O2. The zero-order chi connectivity index (χ0) is 15.5. The minimum atomic E-state index is -0.492. The molecule has 0 aliphatic heterocycles. The van der Waals surface area contributed by atoms with Crippen LogP contribution in [0.1, 0.15) is 32.6 Å². The summed E-state index contributed by atoms with van der Waals surface area (Å²) in [6.07, 6.45) is 4.16. The number of para-hydroxylation sites is 2. The molecule has 2 aromatic rings. The predicted octanol–water partition coefficient (Wildman–Crippen LogP) is 2.20. The number of amides is 2. The zero-order valence-electron chi connectivity index (χ0n) is 12.6. The van der Waals surface area contributed by atoms with Crippen LogP contribution in [0.5, 0.6) is 0 Å². The number of hydrogen-bond donors (Lipinski definition) is 3. The number of nitrogens with one attached hydrogen (secondary N) is 3. The summed E-state index contributed by atoms with van der Waals surface area (Å²) in [5.41, 5.74) is 1.67. The fraction of sp³-hybridized carbons (Fsp3) is 0.438. The first kappa shape index (κ1) is 14.6. The van der Waals surface area contributed by atoms with Crippen molar-refractivity contribution in [3.63, 3.8) is 0 Å². The second-order valence-electron chi connectivity index (χ2n) is 5.81. The second-order valence-corrected chi connectivity index (χ2v) is 5.81. The molecule has 0 radical (unpaired) electrons. The van der Waals surface area contributed by atoms with Crippen LogP contribution in [0.25, 0.3) is 11.0 Å².